The van der Waals surface area contributed by atoms with Crippen LogP contribution >= 0.6 is 15.6 Å². The number of allylic oxidation sites excluding steroid dienone is 12. The van der Waals surface area contributed by atoms with Crippen molar-refractivity contribution in [3.8, 4) is 0 Å². The van der Waals surface area contributed by atoms with Crippen LogP contribution in [-0.2, 0) is 65.4 Å². The maximum absolute atomic E-state index is 13.1. The minimum Gasteiger partial charge on any atom is -0.462 e. The van der Waals surface area contributed by atoms with Gasteiger partial charge in [0.1, 0.15) is 19.3 Å². The molecule has 0 spiro atoms. The number of aliphatic hydroxyl groups is 1. The summed E-state index contributed by atoms with van der Waals surface area (Å²) in [5, 5.41) is 10.7. The highest BCUT2D eigenvalue weighted by molar-refractivity contribution is 7.47. The second kappa shape index (κ2) is 77.7. The predicted molar refractivity (Wildman–Crippen MR) is 427 cm³/mol. The number of rotatable bonds is 80. The fourth-order valence-electron chi connectivity index (χ4n) is 11.7. The molecule has 0 radical (unpaired) electrons. The van der Waals surface area contributed by atoms with E-state index in [2.05, 4.69) is 88.5 Å². The first kappa shape index (κ1) is 100. The second-order valence-corrected chi connectivity index (χ2v) is 31.3. The molecule has 0 saturated carbocycles. The van der Waals surface area contributed by atoms with Gasteiger partial charge in [-0.05, 0) is 96.3 Å². The summed E-state index contributed by atoms with van der Waals surface area (Å²) in [7, 11) is -9.97. The van der Waals surface area contributed by atoms with E-state index in [4.69, 9.17) is 37.0 Å². The molecule has 606 valence electrons. The Morgan fingerprint density at radius 3 is 0.779 bits per heavy atom. The van der Waals surface area contributed by atoms with E-state index in [-0.39, 0.29) is 25.7 Å². The maximum Gasteiger partial charge on any atom is 0.472 e. The highest BCUT2D eigenvalue weighted by Crippen LogP contribution is 2.45. The zero-order chi connectivity index (χ0) is 76.0. The lowest BCUT2D eigenvalue weighted by atomic mass is 10.0. The first-order chi connectivity index (χ1) is 50.7. The highest BCUT2D eigenvalue weighted by Gasteiger charge is 2.30. The van der Waals surface area contributed by atoms with Gasteiger partial charge >= 0.3 is 39.5 Å². The van der Waals surface area contributed by atoms with Gasteiger partial charge in [-0.15, -0.1) is 0 Å². The van der Waals surface area contributed by atoms with Crippen molar-refractivity contribution in [2.24, 2.45) is 0 Å². The van der Waals surface area contributed by atoms with Crippen LogP contribution in [0.4, 0.5) is 0 Å². The lowest BCUT2D eigenvalue weighted by molar-refractivity contribution is -0.161. The van der Waals surface area contributed by atoms with E-state index in [0.29, 0.717) is 32.1 Å². The molecule has 0 heterocycles. The van der Waals surface area contributed by atoms with E-state index in [0.717, 1.165) is 116 Å². The zero-order valence-corrected chi connectivity index (χ0v) is 68.2. The standard InChI is InChI=1S/C85H154O17P2/c1-5-9-13-17-21-25-29-33-37-39-43-46-50-54-58-62-66-70-83(88)96-76-81(102-85(90)72-68-64-60-56-52-48-44-40-38-34-30-26-22-18-14-10-6-2)78-100-104(93,94)98-74-79(86)73-97-103(91,92)99-77-80(101-84(89)71-67-63-59-55-51-47-42-36-32-28-24-20-16-12-8-4)75-95-82(87)69-65-61-57-53-49-45-41-35-31-27-23-19-15-11-7-3/h22-23,26-27,34-35,38,41,44,48,56,60,79-81,86H,5-21,24-25,28-33,36-37,39-40,42-43,45-47,49-55,57-59,61-78H2,1-4H3,(H,91,92)(H,93,94)/b26-22-,27-23-,38-34-,41-35-,48-44-,60-56-/t79-,80+,81+/m0/s1. The molecule has 0 aromatic rings. The molecule has 104 heavy (non-hydrogen) atoms. The minimum absolute atomic E-state index is 0.0235. The van der Waals surface area contributed by atoms with Gasteiger partial charge in [0.2, 0.25) is 0 Å². The maximum atomic E-state index is 13.1. The number of unbranched alkanes of at least 4 members (excludes halogenated alkanes) is 42. The molecule has 0 aliphatic rings. The summed E-state index contributed by atoms with van der Waals surface area (Å²) in [6.45, 7) is 4.84. The number of ether oxygens (including phenoxy) is 4. The van der Waals surface area contributed by atoms with Crippen molar-refractivity contribution in [3.05, 3.63) is 72.9 Å². The number of carbonyl (C=O) groups is 4. The summed E-state index contributed by atoms with van der Waals surface area (Å²) in [6, 6.07) is 0. The molecular formula is C85H154O17P2. The average molecular weight is 1510 g/mol. The van der Waals surface area contributed by atoms with Gasteiger partial charge in [-0.3, -0.25) is 37.3 Å². The number of carbonyl (C=O) groups excluding carboxylic acids is 4. The molecule has 0 bridgehead atoms. The van der Waals surface area contributed by atoms with E-state index >= 15 is 0 Å². The molecule has 0 amide bonds. The van der Waals surface area contributed by atoms with Crippen LogP contribution in [-0.4, -0.2) is 96.7 Å². The van der Waals surface area contributed by atoms with E-state index < -0.39 is 97.5 Å². The lowest BCUT2D eigenvalue weighted by Crippen LogP contribution is -2.30. The number of hydrogen-bond acceptors (Lipinski definition) is 15. The average Bonchev–Trinajstić information content (AvgIpc) is 1.04. The van der Waals surface area contributed by atoms with Gasteiger partial charge in [0.15, 0.2) is 12.2 Å². The first-order valence-corrected chi connectivity index (χ1v) is 45.2. The molecule has 3 N–H and O–H groups in total. The Labute approximate surface area is 634 Å². The predicted octanol–water partition coefficient (Wildman–Crippen LogP) is 24.8. The Kier molecular flexibility index (Phi) is 75.0. The Balaban J connectivity index is 5.38. The molecule has 5 atom stereocenters. The van der Waals surface area contributed by atoms with Crippen LogP contribution in [0.25, 0.3) is 0 Å². The molecule has 0 saturated heterocycles. The van der Waals surface area contributed by atoms with Gasteiger partial charge < -0.3 is 33.8 Å². The summed E-state index contributed by atoms with van der Waals surface area (Å²) >= 11 is 0. The molecule has 0 rings (SSSR count). The van der Waals surface area contributed by atoms with Gasteiger partial charge in [-0.2, -0.15) is 0 Å². The smallest absolute Gasteiger partial charge is 0.462 e. The van der Waals surface area contributed by atoms with Crippen molar-refractivity contribution >= 4 is 39.5 Å². The Bertz CT molecular complexity index is 2250. The first-order valence-electron chi connectivity index (χ1n) is 42.2. The molecule has 0 aliphatic carbocycles. The number of phosphoric acid groups is 2. The molecular weight excluding hydrogens is 1350 g/mol. The topological polar surface area (TPSA) is 237 Å². The fraction of sp³-hybridized carbons (Fsp3) is 0.812. The lowest BCUT2D eigenvalue weighted by Gasteiger charge is -2.21. The minimum atomic E-state index is -4.99. The number of esters is 4. The molecule has 2 unspecified atom stereocenters. The Morgan fingerprint density at radius 2 is 0.481 bits per heavy atom. The van der Waals surface area contributed by atoms with Gasteiger partial charge in [0.05, 0.1) is 26.4 Å². The SMILES string of the molecule is CCCCC/C=C\C/C=C\C/C=C\C/C=C\CCCC(=O)O[C@H](COC(=O)CCCCCCCCCCCCCCCCCCC)COP(=O)(O)OC[C@@H](O)COP(=O)(O)OC[C@@H](COC(=O)CCCCCCC/C=C\C/C=C\CCCCC)OC(=O)CCCCCCCCCCCCCCCCC. The van der Waals surface area contributed by atoms with Crippen molar-refractivity contribution in [1.29, 1.82) is 0 Å². The van der Waals surface area contributed by atoms with Gasteiger partial charge in [0.25, 0.3) is 0 Å². The van der Waals surface area contributed by atoms with Crippen LogP contribution in [0.5, 0.6) is 0 Å². The van der Waals surface area contributed by atoms with E-state index in [9.17, 15) is 43.2 Å². The number of hydrogen-bond donors (Lipinski definition) is 3. The van der Waals surface area contributed by atoms with Crippen molar-refractivity contribution in [2.75, 3.05) is 39.6 Å². The highest BCUT2D eigenvalue weighted by atomic mass is 31.2. The summed E-state index contributed by atoms with van der Waals surface area (Å²) in [6.07, 6.45) is 80.2. The van der Waals surface area contributed by atoms with Crippen molar-refractivity contribution in [2.45, 2.75) is 406 Å². The summed E-state index contributed by atoms with van der Waals surface area (Å²) < 4.78 is 68.7. The number of aliphatic hydroxyl groups excluding tert-OH is 1. The van der Waals surface area contributed by atoms with Crippen molar-refractivity contribution in [1.82, 2.24) is 0 Å². The fourth-order valence-corrected chi connectivity index (χ4v) is 13.3. The molecule has 0 aromatic carbocycles. The normalized spacial score (nSPS) is 14.2. The number of phosphoric ester groups is 2. The monoisotopic (exact) mass is 1510 g/mol. The van der Waals surface area contributed by atoms with E-state index in [1.807, 2.05) is 12.2 Å². The van der Waals surface area contributed by atoms with E-state index in [1.54, 1.807) is 0 Å². The Hall–Kier alpha value is -3.50. The molecule has 0 fully saturated rings. The molecule has 0 aliphatic heterocycles. The summed E-state index contributed by atoms with van der Waals surface area (Å²) in [5.74, 6) is -2.22. The second-order valence-electron chi connectivity index (χ2n) is 28.4. The zero-order valence-electron chi connectivity index (χ0n) is 66.5. The summed E-state index contributed by atoms with van der Waals surface area (Å²) in [4.78, 5) is 73.1. The van der Waals surface area contributed by atoms with Gasteiger partial charge in [0, 0.05) is 25.7 Å². The van der Waals surface area contributed by atoms with Crippen molar-refractivity contribution in [3.63, 3.8) is 0 Å². The van der Waals surface area contributed by atoms with Crippen LogP contribution in [0, 0.1) is 0 Å². The van der Waals surface area contributed by atoms with Crippen LogP contribution in [0.1, 0.15) is 387 Å². The third-order valence-electron chi connectivity index (χ3n) is 18.2. The van der Waals surface area contributed by atoms with Crippen molar-refractivity contribution < 1.29 is 80.2 Å². The summed E-state index contributed by atoms with van der Waals surface area (Å²) in [5.41, 5.74) is 0. The molecule has 0 aromatic heterocycles. The van der Waals surface area contributed by atoms with Crippen LogP contribution < -0.4 is 0 Å². The third-order valence-corrected chi connectivity index (χ3v) is 20.1. The third kappa shape index (κ3) is 76.7. The molecule has 19 heteroatoms. The van der Waals surface area contributed by atoms with Crippen LogP contribution in [0.3, 0.4) is 0 Å². The van der Waals surface area contributed by atoms with Crippen LogP contribution in [0.15, 0.2) is 72.9 Å². The van der Waals surface area contributed by atoms with E-state index in [1.165, 1.54) is 186 Å². The van der Waals surface area contributed by atoms with Crippen LogP contribution in [0.2, 0.25) is 0 Å². The molecule has 17 nitrogen and oxygen atoms in total. The Morgan fingerprint density at radius 1 is 0.269 bits per heavy atom. The largest absolute Gasteiger partial charge is 0.472 e. The quantitative estimate of drug-likeness (QED) is 0.0169. The van der Waals surface area contributed by atoms with Gasteiger partial charge in [-0.1, -0.05) is 338 Å². The van der Waals surface area contributed by atoms with Gasteiger partial charge in [-0.25, -0.2) is 9.13 Å².